The molecule has 0 amide bonds. The molecule has 0 saturated heterocycles. The Hall–Kier alpha value is -0.640. The first kappa shape index (κ1) is 13.4. The summed E-state index contributed by atoms with van der Waals surface area (Å²) in [7, 11) is 0. The van der Waals surface area contributed by atoms with Gasteiger partial charge in [0, 0.05) is 24.3 Å². The maximum atomic E-state index is 13.0. The van der Waals surface area contributed by atoms with Gasteiger partial charge >= 0.3 is 0 Å². The summed E-state index contributed by atoms with van der Waals surface area (Å²) in [6.07, 6.45) is 1.32. The van der Waals surface area contributed by atoms with Gasteiger partial charge in [-0.2, -0.15) is 0 Å². The number of nitrogens with two attached hydrogens (primary N) is 1. The van der Waals surface area contributed by atoms with Gasteiger partial charge in [-0.15, -0.1) is 0 Å². The fourth-order valence-corrected chi connectivity index (χ4v) is 1.66. The van der Waals surface area contributed by atoms with E-state index in [4.69, 9.17) is 22.1 Å². The number of ether oxygens (including phenoxy) is 1. The van der Waals surface area contributed by atoms with Crippen molar-refractivity contribution in [3.8, 4) is 0 Å². The smallest absolute Gasteiger partial charge is 0.123 e. The van der Waals surface area contributed by atoms with Gasteiger partial charge in [0.1, 0.15) is 5.82 Å². The van der Waals surface area contributed by atoms with Crippen LogP contribution in [0.15, 0.2) is 18.2 Å². The van der Waals surface area contributed by atoms with E-state index in [9.17, 15) is 4.39 Å². The average molecular weight is 246 g/mol. The minimum absolute atomic E-state index is 0.0501. The predicted octanol–water partition coefficient (Wildman–Crippen LogP) is 2.78. The lowest BCUT2D eigenvalue weighted by Gasteiger charge is -2.12. The zero-order chi connectivity index (χ0) is 12.0. The van der Waals surface area contributed by atoms with Gasteiger partial charge in [0.05, 0.1) is 0 Å². The Bertz CT molecular complexity index is 333. The minimum atomic E-state index is -0.281. The second kappa shape index (κ2) is 6.84. The van der Waals surface area contributed by atoms with Crippen molar-refractivity contribution in [3.05, 3.63) is 34.6 Å². The maximum absolute atomic E-state index is 13.0. The van der Waals surface area contributed by atoms with Crippen molar-refractivity contribution in [2.24, 2.45) is 5.73 Å². The number of benzene rings is 1. The third kappa shape index (κ3) is 4.47. The van der Waals surface area contributed by atoms with Crippen molar-refractivity contribution in [1.82, 2.24) is 0 Å². The topological polar surface area (TPSA) is 35.2 Å². The van der Waals surface area contributed by atoms with Crippen molar-refractivity contribution >= 4 is 11.6 Å². The summed E-state index contributed by atoms with van der Waals surface area (Å²) < 4.78 is 18.2. The Balaban J connectivity index is 2.48. The largest absolute Gasteiger partial charge is 0.382 e. The van der Waals surface area contributed by atoms with Crippen molar-refractivity contribution in [2.75, 3.05) is 13.2 Å². The molecule has 1 atom stereocenters. The van der Waals surface area contributed by atoms with E-state index < -0.39 is 0 Å². The Labute approximate surface area is 101 Å². The molecular weight excluding hydrogens is 229 g/mol. The predicted molar refractivity (Wildman–Crippen MR) is 64.2 cm³/mol. The number of rotatable bonds is 6. The van der Waals surface area contributed by atoms with Gasteiger partial charge in [-0.3, -0.25) is 0 Å². The highest BCUT2D eigenvalue weighted by molar-refractivity contribution is 6.31. The number of hydrogen-bond acceptors (Lipinski definition) is 2. The Morgan fingerprint density at radius 3 is 2.94 bits per heavy atom. The van der Waals surface area contributed by atoms with Gasteiger partial charge in [-0.1, -0.05) is 11.6 Å². The van der Waals surface area contributed by atoms with Crippen LogP contribution in [0.1, 0.15) is 18.9 Å². The Morgan fingerprint density at radius 1 is 1.50 bits per heavy atom. The average Bonchev–Trinajstić information content (AvgIpc) is 2.24. The molecule has 2 N–H and O–H groups in total. The highest BCUT2D eigenvalue weighted by Crippen LogP contribution is 2.18. The lowest BCUT2D eigenvalue weighted by molar-refractivity contribution is 0.140. The van der Waals surface area contributed by atoms with Crippen LogP contribution in [0, 0.1) is 5.82 Å². The molecule has 1 unspecified atom stereocenters. The minimum Gasteiger partial charge on any atom is -0.382 e. The maximum Gasteiger partial charge on any atom is 0.123 e. The molecule has 0 aliphatic carbocycles. The molecule has 1 aromatic carbocycles. The van der Waals surface area contributed by atoms with Gasteiger partial charge in [-0.05, 0) is 43.5 Å². The molecule has 0 spiro atoms. The van der Waals surface area contributed by atoms with Gasteiger partial charge in [0.2, 0.25) is 0 Å². The molecule has 1 rings (SSSR count). The van der Waals surface area contributed by atoms with Gasteiger partial charge in [0.15, 0.2) is 0 Å². The van der Waals surface area contributed by atoms with Crippen molar-refractivity contribution < 1.29 is 9.13 Å². The lowest BCUT2D eigenvalue weighted by atomic mass is 10.0. The quantitative estimate of drug-likeness (QED) is 0.783. The van der Waals surface area contributed by atoms with Crippen molar-refractivity contribution in [3.63, 3.8) is 0 Å². The van der Waals surface area contributed by atoms with Gasteiger partial charge < -0.3 is 10.5 Å². The zero-order valence-corrected chi connectivity index (χ0v) is 10.1. The Kier molecular flexibility index (Phi) is 5.74. The second-order valence-corrected chi connectivity index (χ2v) is 4.09. The molecule has 2 nitrogen and oxygen atoms in total. The SMILES string of the molecule is CCOCCC(N)Cc1cc(F)ccc1Cl. The summed E-state index contributed by atoms with van der Waals surface area (Å²) in [5.41, 5.74) is 6.66. The monoisotopic (exact) mass is 245 g/mol. The van der Waals surface area contributed by atoms with E-state index in [0.29, 0.717) is 24.7 Å². The van der Waals surface area contributed by atoms with Crippen LogP contribution in [0.3, 0.4) is 0 Å². The molecule has 0 radical (unpaired) electrons. The molecular formula is C12H17ClFNO. The summed E-state index contributed by atoms with van der Waals surface area (Å²) in [5.74, 6) is -0.281. The summed E-state index contributed by atoms with van der Waals surface area (Å²) >= 11 is 5.95. The molecule has 0 bridgehead atoms. The summed E-state index contributed by atoms with van der Waals surface area (Å²) in [4.78, 5) is 0. The molecule has 0 heterocycles. The molecule has 90 valence electrons. The van der Waals surface area contributed by atoms with E-state index in [1.807, 2.05) is 6.92 Å². The van der Waals surface area contributed by atoms with E-state index in [-0.39, 0.29) is 11.9 Å². The van der Waals surface area contributed by atoms with Crippen molar-refractivity contribution in [2.45, 2.75) is 25.8 Å². The van der Waals surface area contributed by atoms with Crippen LogP contribution < -0.4 is 5.73 Å². The third-order valence-corrected chi connectivity index (χ3v) is 2.70. The molecule has 0 aliphatic rings. The Morgan fingerprint density at radius 2 is 2.25 bits per heavy atom. The summed E-state index contributed by atoms with van der Waals surface area (Å²) in [5, 5.41) is 0.563. The normalized spacial score (nSPS) is 12.8. The van der Waals surface area contributed by atoms with E-state index >= 15 is 0 Å². The van der Waals surface area contributed by atoms with Crippen LogP contribution in [-0.4, -0.2) is 19.3 Å². The van der Waals surface area contributed by atoms with Crippen LogP contribution in [0.2, 0.25) is 5.02 Å². The van der Waals surface area contributed by atoms with Crippen LogP contribution in [0.5, 0.6) is 0 Å². The van der Waals surface area contributed by atoms with Gasteiger partial charge in [-0.25, -0.2) is 4.39 Å². The van der Waals surface area contributed by atoms with Crippen LogP contribution in [0.4, 0.5) is 4.39 Å². The first-order chi connectivity index (χ1) is 7.63. The summed E-state index contributed by atoms with van der Waals surface area (Å²) in [6, 6.07) is 4.29. The highest BCUT2D eigenvalue weighted by atomic mass is 35.5. The molecule has 16 heavy (non-hydrogen) atoms. The van der Waals surface area contributed by atoms with Crippen LogP contribution in [-0.2, 0) is 11.2 Å². The third-order valence-electron chi connectivity index (χ3n) is 2.33. The fourth-order valence-electron chi connectivity index (χ4n) is 1.46. The van der Waals surface area contributed by atoms with E-state index in [0.717, 1.165) is 12.0 Å². The van der Waals surface area contributed by atoms with Crippen LogP contribution in [0.25, 0.3) is 0 Å². The number of halogens is 2. The molecule has 0 saturated carbocycles. The molecule has 4 heteroatoms. The van der Waals surface area contributed by atoms with Crippen LogP contribution >= 0.6 is 11.6 Å². The number of hydrogen-bond donors (Lipinski definition) is 1. The molecule has 0 aliphatic heterocycles. The molecule has 0 fully saturated rings. The summed E-state index contributed by atoms with van der Waals surface area (Å²) in [6.45, 7) is 3.26. The van der Waals surface area contributed by atoms with E-state index in [2.05, 4.69) is 0 Å². The van der Waals surface area contributed by atoms with Gasteiger partial charge in [0.25, 0.3) is 0 Å². The highest BCUT2D eigenvalue weighted by Gasteiger charge is 2.08. The standard InChI is InChI=1S/C12H17ClFNO/c1-2-16-6-5-11(15)8-9-7-10(14)3-4-12(9)13/h3-4,7,11H,2,5-6,8,15H2,1H3. The van der Waals surface area contributed by atoms with Crippen molar-refractivity contribution in [1.29, 1.82) is 0 Å². The molecule has 1 aromatic rings. The second-order valence-electron chi connectivity index (χ2n) is 3.69. The first-order valence-corrected chi connectivity index (χ1v) is 5.78. The molecule has 0 aromatic heterocycles. The van der Waals surface area contributed by atoms with E-state index in [1.54, 1.807) is 6.07 Å². The van der Waals surface area contributed by atoms with E-state index in [1.165, 1.54) is 12.1 Å². The lowest BCUT2D eigenvalue weighted by Crippen LogP contribution is -2.24. The fraction of sp³-hybridized carbons (Fsp3) is 0.500. The zero-order valence-electron chi connectivity index (χ0n) is 9.38. The first-order valence-electron chi connectivity index (χ1n) is 5.40.